The first-order chi connectivity index (χ1) is 8.29. The predicted octanol–water partition coefficient (Wildman–Crippen LogP) is 0.646. The lowest BCUT2D eigenvalue weighted by atomic mass is 10.1. The van der Waals surface area contributed by atoms with E-state index in [0.717, 1.165) is 5.69 Å². The molecule has 2 N–H and O–H groups in total. The smallest absolute Gasteiger partial charge is 0.219 e. The molecule has 0 radical (unpaired) electrons. The van der Waals surface area contributed by atoms with E-state index in [1.54, 1.807) is 17.8 Å². The number of nitrogens with zero attached hydrogens (tertiary/aromatic N) is 2. The molecule has 0 aromatic carbocycles. The molecule has 1 atom stereocenters. The molecule has 0 saturated carbocycles. The number of sulfone groups is 1. The monoisotopic (exact) mass is 307 g/mol. The number of halogens is 1. The Kier molecular flexibility index (Phi) is 4.65. The summed E-state index contributed by atoms with van der Waals surface area (Å²) in [5, 5.41) is 4.23. The van der Waals surface area contributed by atoms with E-state index in [1.165, 1.54) is 6.26 Å². The van der Waals surface area contributed by atoms with Gasteiger partial charge in [0, 0.05) is 30.7 Å². The van der Waals surface area contributed by atoms with Gasteiger partial charge in [0.05, 0.1) is 11.3 Å². The molecule has 108 valence electrons. The van der Waals surface area contributed by atoms with Crippen LogP contribution in [0.1, 0.15) is 17.7 Å². The molecule has 8 heteroatoms. The van der Waals surface area contributed by atoms with Gasteiger partial charge in [-0.2, -0.15) is 5.10 Å². The molecule has 1 unspecified atom stereocenters. The van der Waals surface area contributed by atoms with E-state index in [9.17, 15) is 8.42 Å². The molecule has 2 heterocycles. The van der Waals surface area contributed by atoms with Gasteiger partial charge in [-0.05, 0) is 13.0 Å². The third-order valence-electron chi connectivity index (χ3n) is 2.89. The molecule has 1 aromatic heterocycles. The van der Waals surface area contributed by atoms with Crippen molar-refractivity contribution < 1.29 is 13.2 Å². The van der Waals surface area contributed by atoms with Gasteiger partial charge in [-0.1, -0.05) is 0 Å². The van der Waals surface area contributed by atoms with Gasteiger partial charge in [0.25, 0.3) is 0 Å². The van der Waals surface area contributed by atoms with Crippen LogP contribution in [0.5, 0.6) is 5.88 Å². The Morgan fingerprint density at radius 2 is 2.16 bits per heavy atom. The van der Waals surface area contributed by atoms with Crippen molar-refractivity contribution in [3.8, 4) is 5.88 Å². The van der Waals surface area contributed by atoms with Crippen molar-refractivity contribution in [3.63, 3.8) is 0 Å². The van der Waals surface area contributed by atoms with Gasteiger partial charge in [-0.3, -0.25) is 0 Å². The molecule has 0 bridgehead atoms. The summed E-state index contributed by atoms with van der Waals surface area (Å²) in [7, 11) is -1.50. The second-order valence-corrected chi connectivity index (χ2v) is 6.65. The van der Waals surface area contributed by atoms with Crippen LogP contribution in [0.2, 0.25) is 0 Å². The van der Waals surface area contributed by atoms with Crippen LogP contribution in [-0.2, 0) is 16.9 Å². The number of ether oxygens (including phenoxy) is 1. The van der Waals surface area contributed by atoms with Crippen molar-refractivity contribution in [1.82, 2.24) is 9.78 Å². The Hall–Kier alpha value is -1.05. The molecular weight excluding hydrogens is 290 g/mol. The molecule has 0 spiro atoms. The standard InChI is InChI=1S/C11H17N3O3S.ClH/c1-7-10-5-9(18(3,15)16)4-8(12)6-17-11(10)14(2)13-7;/h5,8H,4,6,12H2,1-3H3;1H. The maximum atomic E-state index is 11.7. The Balaban J connectivity index is 0.00000180. The van der Waals surface area contributed by atoms with Crippen LogP contribution in [0.15, 0.2) is 4.91 Å². The van der Waals surface area contributed by atoms with Crippen LogP contribution in [0, 0.1) is 6.92 Å². The molecule has 0 amide bonds. The van der Waals surface area contributed by atoms with Crippen molar-refractivity contribution in [1.29, 1.82) is 0 Å². The fraction of sp³-hybridized carbons (Fsp3) is 0.545. The molecule has 6 nitrogen and oxygen atoms in total. The van der Waals surface area contributed by atoms with Crippen molar-refractivity contribution >= 4 is 28.3 Å². The first-order valence-electron chi connectivity index (χ1n) is 5.61. The quantitative estimate of drug-likeness (QED) is 0.823. The molecule has 0 aliphatic carbocycles. The minimum Gasteiger partial charge on any atom is -0.476 e. The minimum atomic E-state index is -3.26. The van der Waals surface area contributed by atoms with E-state index in [1.807, 2.05) is 6.92 Å². The first kappa shape index (κ1) is 16.0. The molecule has 0 saturated heterocycles. The molecular formula is C11H18ClN3O3S. The highest BCUT2D eigenvalue weighted by Gasteiger charge is 2.23. The topological polar surface area (TPSA) is 87.2 Å². The van der Waals surface area contributed by atoms with Crippen molar-refractivity contribution in [2.75, 3.05) is 12.9 Å². The van der Waals surface area contributed by atoms with Crippen LogP contribution in [0.3, 0.4) is 0 Å². The van der Waals surface area contributed by atoms with E-state index in [-0.39, 0.29) is 31.5 Å². The maximum absolute atomic E-state index is 11.7. The fourth-order valence-electron chi connectivity index (χ4n) is 1.97. The van der Waals surface area contributed by atoms with Crippen molar-refractivity contribution in [2.45, 2.75) is 19.4 Å². The Labute approximate surface area is 118 Å². The number of nitrogens with two attached hydrogens (primary N) is 1. The molecule has 1 aliphatic heterocycles. The average molecular weight is 308 g/mol. The zero-order valence-corrected chi connectivity index (χ0v) is 12.7. The lowest BCUT2D eigenvalue weighted by molar-refractivity contribution is 0.263. The largest absolute Gasteiger partial charge is 0.476 e. The van der Waals surface area contributed by atoms with Gasteiger partial charge in [0.1, 0.15) is 6.61 Å². The summed E-state index contributed by atoms with van der Waals surface area (Å²) in [5.74, 6) is 0.559. The predicted molar refractivity (Wildman–Crippen MR) is 76.1 cm³/mol. The summed E-state index contributed by atoms with van der Waals surface area (Å²) in [4.78, 5) is 0.329. The third-order valence-corrected chi connectivity index (χ3v) is 4.13. The SMILES string of the molecule is Cc1nn(C)c2c1C=C(S(C)(=O)=O)CC(N)CO2.Cl. The molecule has 1 aromatic rings. The van der Waals surface area contributed by atoms with E-state index < -0.39 is 9.84 Å². The number of hydrogen-bond acceptors (Lipinski definition) is 5. The number of fused-ring (bicyclic) bond motifs is 1. The molecule has 19 heavy (non-hydrogen) atoms. The van der Waals surface area contributed by atoms with Crippen LogP contribution in [-0.4, -0.2) is 37.1 Å². The summed E-state index contributed by atoms with van der Waals surface area (Å²) >= 11 is 0. The molecule has 0 fully saturated rings. The summed E-state index contributed by atoms with van der Waals surface area (Å²) in [6.07, 6.45) is 3.10. The minimum absolute atomic E-state index is 0. The normalized spacial score (nSPS) is 19.4. The Morgan fingerprint density at radius 1 is 1.53 bits per heavy atom. The number of aryl methyl sites for hydroxylation is 2. The summed E-state index contributed by atoms with van der Waals surface area (Å²) in [6.45, 7) is 2.10. The van der Waals surface area contributed by atoms with Gasteiger partial charge < -0.3 is 10.5 Å². The highest BCUT2D eigenvalue weighted by atomic mass is 35.5. The molecule has 2 rings (SSSR count). The van der Waals surface area contributed by atoms with E-state index >= 15 is 0 Å². The molecule has 1 aliphatic rings. The third kappa shape index (κ3) is 3.29. The van der Waals surface area contributed by atoms with E-state index in [0.29, 0.717) is 16.3 Å². The maximum Gasteiger partial charge on any atom is 0.219 e. The van der Waals surface area contributed by atoms with Gasteiger partial charge in [-0.15, -0.1) is 12.4 Å². The van der Waals surface area contributed by atoms with Crippen LogP contribution in [0.25, 0.3) is 6.08 Å². The Morgan fingerprint density at radius 3 is 2.74 bits per heavy atom. The zero-order chi connectivity index (χ0) is 13.5. The van der Waals surface area contributed by atoms with Crippen LogP contribution < -0.4 is 10.5 Å². The van der Waals surface area contributed by atoms with Gasteiger partial charge in [0.2, 0.25) is 5.88 Å². The summed E-state index contributed by atoms with van der Waals surface area (Å²) in [6, 6.07) is -0.339. The van der Waals surface area contributed by atoms with Crippen molar-refractivity contribution in [3.05, 3.63) is 16.2 Å². The van der Waals surface area contributed by atoms with Gasteiger partial charge >= 0.3 is 0 Å². The first-order valence-corrected chi connectivity index (χ1v) is 7.51. The highest BCUT2D eigenvalue weighted by molar-refractivity contribution is 7.94. The fourth-order valence-corrected chi connectivity index (χ4v) is 2.82. The number of rotatable bonds is 1. The second-order valence-electron chi connectivity index (χ2n) is 4.59. The summed E-state index contributed by atoms with van der Waals surface area (Å²) in [5.41, 5.74) is 7.30. The number of aromatic nitrogens is 2. The Bertz CT molecular complexity index is 607. The highest BCUT2D eigenvalue weighted by Crippen LogP contribution is 2.29. The number of hydrogen-bond donors (Lipinski definition) is 1. The second kappa shape index (κ2) is 5.52. The lowest BCUT2D eigenvalue weighted by Crippen LogP contribution is -2.30. The van der Waals surface area contributed by atoms with Crippen molar-refractivity contribution in [2.24, 2.45) is 12.8 Å². The van der Waals surface area contributed by atoms with E-state index in [2.05, 4.69) is 5.10 Å². The lowest BCUT2D eigenvalue weighted by Gasteiger charge is -2.18. The van der Waals surface area contributed by atoms with E-state index in [4.69, 9.17) is 10.5 Å². The average Bonchev–Trinajstić information content (AvgIpc) is 2.45. The summed E-state index contributed by atoms with van der Waals surface area (Å²) < 4.78 is 30.7. The zero-order valence-electron chi connectivity index (χ0n) is 11.1. The van der Waals surface area contributed by atoms with Gasteiger partial charge in [0.15, 0.2) is 9.84 Å². The van der Waals surface area contributed by atoms with Crippen LogP contribution in [0.4, 0.5) is 0 Å². The van der Waals surface area contributed by atoms with Crippen LogP contribution >= 0.6 is 12.4 Å². The van der Waals surface area contributed by atoms with Gasteiger partial charge in [-0.25, -0.2) is 13.1 Å².